The average Bonchev–Trinajstić information content (AvgIpc) is 2.41. The molecule has 1 aliphatic heterocycles. The number of para-hydroxylation sites is 2. The van der Waals surface area contributed by atoms with E-state index >= 15 is 0 Å². The van der Waals surface area contributed by atoms with Crippen LogP contribution in [0.5, 0.6) is 0 Å². The third-order valence-electron chi connectivity index (χ3n) is 2.96. The second-order valence-electron chi connectivity index (χ2n) is 4.24. The van der Waals surface area contributed by atoms with Crippen molar-refractivity contribution in [3.05, 3.63) is 63.2 Å². The number of fused-ring (bicyclic) bond motifs is 1. The Bertz CT molecular complexity index is 786. The van der Waals surface area contributed by atoms with Crippen LogP contribution in [0.15, 0.2) is 56.9 Å². The highest BCUT2D eigenvalue weighted by Gasteiger charge is 2.23. The minimum atomic E-state index is -0.660. The van der Waals surface area contributed by atoms with Crippen LogP contribution >= 0.6 is 15.9 Å². The maximum atomic E-state index is 12.1. The number of nitrogen functional groups attached to an aromatic ring is 1. The molecule has 3 rings (SSSR count). The third-order valence-corrected chi connectivity index (χ3v) is 3.45. The molecule has 1 heterocycles. The van der Waals surface area contributed by atoms with E-state index in [9.17, 15) is 4.79 Å². The summed E-state index contributed by atoms with van der Waals surface area (Å²) in [5, 5.41) is 1.32. The number of amides is 1. The van der Waals surface area contributed by atoms with Gasteiger partial charge in [-0.15, -0.1) is 0 Å². The molecule has 94 valence electrons. The first-order valence-corrected chi connectivity index (χ1v) is 6.55. The Hall–Kier alpha value is -2.01. The SMILES string of the molecule is Nc1ccc(Br)cc1C1N=c2ccccc2=NC1=O. The van der Waals surface area contributed by atoms with E-state index in [4.69, 9.17) is 5.73 Å². The van der Waals surface area contributed by atoms with Crippen LogP contribution in [-0.4, -0.2) is 5.91 Å². The minimum absolute atomic E-state index is 0.288. The van der Waals surface area contributed by atoms with Crippen LogP contribution in [0.3, 0.4) is 0 Å². The van der Waals surface area contributed by atoms with Crippen molar-refractivity contribution >= 4 is 27.5 Å². The fourth-order valence-corrected chi connectivity index (χ4v) is 2.41. The van der Waals surface area contributed by atoms with E-state index in [0.717, 1.165) is 4.47 Å². The summed E-state index contributed by atoms with van der Waals surface area (Å²) in [5.41, 5.74) is 7.15. The van der Waals surface area contributed by atoms with Gasteiger partial charge in [0.05, 0.1) is 10.7 Å². The summed E-state index contributed by atoms with van der Waals surface area (Å²) in [6.07, 6.45) is 0. The largest absolute Gasteiger partial charge is 0.398 e. The summed E-state index contributed by atoms with van der Waals surface area (Å²) < 4.78 is 0.860. The predicted molar refractivity (Wildman–Crippen MR) is 75.1 cm³/mol. The molecule has 0 fully saturated rings. The number of benzene rings is 2. The molecule has 0 spiro atoms. The van der Waals surface area contributed by atoms with Crippen molar-refractivity contribution in [3.63, 3.8) is 0 Å². The molecule has 1 amide bonds. The van der Waals surface area contributed by atoms with Gasteiger partial charge in [-0.1, -0.05) is 28.1 Å². The zero-order valence-electron chi connectivity index (χ0n) is 9.88. The molecule has 1 unspecified atom stereocenters. The minimum Gasteiger partial charge on any atom is -0.398 e. The maximum Gasteiger partial charge on any atom is 0.275 e. The third kappa shape index (κ3) is 2.17. The molecule has 2 aromatic rings. The number of carbonyl (C=O) groups is 1. The number of hydrogen-bond acceptors (Lipinski definition) is 3. The zero-order chi connectivity index (χ0) is 13.4. The van der Waals surface area contributed by atoms with Gasteiger partial charge >= 0.3 is 0 Å². The molecule has 1 atom stereocenters. The summed E-state index contributed by atoms with van der Waals surface area (Å²) >= 11 is 3.38. The van der Waals surface area contributed by atoms with Gasteiger partial charge in [0, 0.05) is 15.7 Å². The van der Waals surface area contributed by atoms with Crippen molar-refractivity contribution in [2.24, 2.45) is 9.98 Å². The molecule has 0 bridgehead atoms. The molecule has 2 N–H and O–H groups in total. The Morgan fingerprint density at radius 2 is 1.84 bits per heavy atom. The van der Waals surface area contributed by atoms with Crippen LogP contribution in [0, 0.1) is 0 Å². The van der Waals surface area contributed by atoms with E-state index in [0.29, 0.717) is 22.0 Å². The van der Waals surface area contributed by atoms with Gasteiger partial charge in [0.1, 0.15) is 0 Å². The second-order valence-corrected chi connectivity index (χ2v) is 5.16. The Morgan fingerprint density at radius 3 is 2.63 bits per heavy atom. The van der Waals surface area contributed by atoms with Crippen molar-refractivity contribution in [3.8, 4) is 0 Å². The maximum absolute atomic E-state index is 12.1. The number of nitrogens with zero attached hydrogens (tertiary/aromatic N) is 2. The van der Waals surface area contributed by atoms with Crippen LogP contribution in [0.4, 0.5) is 5.69 Å². The Kier molecular flexibility index (Phi) is 2.91. The predicted octanol–water partition coefficient (Wildman–Crippen LogP) is 1.55. The first-order chi connectivity index (χ1) is 9.15. The molecule has 0 saturated heterocycles. The van der Waals surface area contributed by atoms with Crippen molar-refractivity contribution in [1.29, 1.82) is 0 Å². The molecule has 2 aromatic carbocycles. The molecule has 0 saturated carbocycles. The summed E-state index contributed by atoms with van der Waals surface area (Å²) in [7, 11) is 0. The normalized spacial score (nSPS) is 17.3. The van der Waals surface area contributed by atoms with Gasteiger partial charge in [-0.05, 0) is 30.3 Å². The van der Waals surface area contributed by atoms with E-state index in [2.05, 4.69) is 25.9 Å². The van der Waals surface area contributed by atoms with Crippen LogP contribution in [-0.2, 0) is 4.79 Å². The quantitative estimate of drug-likeness (QED) is 0.811. The average molecular weight is 316 g/mol. The van der Waals surface area contributed by atoms with Gasteiger partial charge in [0.15, 0.2) is 6.04 Å². The molecule has 0 aromatic heterocycles. The molecule has 4 nitrogen and oxygen atoms in total. The van der Waals surface area contributed by atoms with Crippen LogP contribution in [0.1, 0.15) is 11.6 Å². The topological polar surface area (TPSA) is 67.8 Å². The molecule has 1 aliphatic rings. The number of nitrogens with two attached hydrogens (primary N) is 1. The smallest absolute Gasteiger partial charge is 0.275 e. The number of hydrogen-bond donors (Lipinski definition) is 1. The van der Waals surface area contributed by atoms with Gasteiger partial charge in [-0.25, -0.2) is 4.99 Å². The highest BCUT2D eigenvalue weighted by atomic mass is 79.9. The lowest BCUT2D eigenvalue weighted by Gasteiger charge is -2.14. The Labute approximate surface area is 117 Å². The van der Waals surface area contributed by atoms with Crippen LogP contribution in [0.25, 0.3) is 0 Å². The van der Waals surface area contributed by atoms with Gasteiger partial charge in [-0.3, -0.25) is 9.79 Å². The van der Waals surface area contributed by atoms with Gasteiger partial charge < -0.3 is 5.73 Å². The van der Waals surface area contributed by atoms with E-state index in [-0.39, 0.29) is 5.91 Å². The fraction of sp³-hybridized carbons (Fsp3) is 0.0714. The highest BCUT2D eigenvalue weighted by Crippen LogP contribution is 2.28. The summed E-state index contributed by atoms with van der Waals surface area (Å²) in [6, 6.07) is 12.1. The fourth-order valence-electron chi connectivity index (χ4n) is 2.03. The summed E-state index contributed by atoms with van der Waals surface area (Å²) in [6.45, 7) is 0. The van der Waals surface area contributed by atoms with Crippen molar-refractivity contribution in [1.82, 2.24) is 0 Å². The molecule has 0 radical (unpaired) electrons. The first kappa shape index (κ1) is 12.0. The molecule has 5 heteroatoms. The van der Waals surface area contributed by atoms with E-state index in [1.165, 1.54) is 0 Å². The van der Waals surface area contributed by atoms with Crippen molar-refractivity contribution in [2.45, 2.75) is 6.04 Å². The standard InChI is InChI=1S/C14H10BrN3O/c15-8-5-6-10(16)9(7-8)13-14(19)18-12-4-2-1-3-11(12)17-13/h1-7,13H,16H2. The molecule has 19 heavy (non-hydrogen) atoms. The lowest BCUT2D eigenvalue weighted by atomic mass is 10.0. The van der Waals surface area contributed by atoms with E-state index in [1.54, 1.807) is 12.1 Å². The number of anilines is 1. The van der Waals surface area contributed by atoms with Gasteiger partial charge in [-0.2, -0.15) is 0 Å². The van der Waals surface area contributed by atoms with Crippen molar-refractivity contribution in [2.75, 3.05) is 5.73 Å². The highest BCUT2D eigenvalue weighted by molar-refractivity contribution is 9.10. The van der Waals surface area contributed by atoms with Crippen LogP contribution in [0.2, 0.25) is 0 Å². The van der Waals surface area contributed by atoms with Crippen LogP contribution < -0.4 is 16.4 Å². The Morgan fingerprint density at radius 1 is 1.11 bits per heavy atom. The molecule has 0 aliphatic carbocycles. The number of carbonyl (C=O) groups excluding carboxylic acids is 1. The van der Waals surface area contributed by atoms with Gasteiger partial charge in [0.25, 0.3) is 5.91 Å². The second kappa shape index (κ2) is 4.59. The van der Waals surface area contributed by atoms with Crippen molar-refractivity contribution < 1.29 is 4.79 Å². The molecular weight excluding hydrogens is 306 g/mol. The van der Waals surface area contributed by atoms with E-state index in [1.807, 2.05) is 30.3 Å². The van der Waals surface area contributed by atoms with E-state index < -0.39 is 6.04 Å². The first-order valence-electron chi connectivity index (χ1n) is 5.75. The monoisotopic (exact) mass is 315 g/mol. The molecular formula is C14H10BrN3O. The number of halogens is 1. The summed E-state index contributed by atoms with van der Waals surface area (Å²) in [5.74, 6) is -0.288. The zero-order valence-corrected chi connectivity index (χ0v) is 11.5. The lowest BCUT2D eigenvalue weighted by Crippen LogP contribution is -2.33. The lowest BCUT2D eigenvalue weighted by molar-refractivity contribution is -0.119. The van der Waals surface area contributed by atoms with Gasteiger partial charge in [0.2, 0.25) is 0 Å². The number of rotatable bonds is 1. The summed E-state index contributed by atoms with van der Waals surface area (Å²) in [4.78, 5) is 20.6. The Balaban J connectivity index is 2.20.